The highest BCUT2D eigenvalue weighted by Crippen LogP contribution is 2.23. The number of hydrogen-bond donors (Lipinski definition) is 3. The van der Waals surface area contributed by atoms with Gasteiger partial charge in [0.05, 0.1) is 12.6 Å². The van der Waals surface area contributed by atoms with Crippen LogP contribution in [0.15, 0.2) is 29.3 Å². The van der Waals surface area contributed by atoms with Gasteiger partial charge >= 0.3 is 0 Å². The van der Waals surface area contributed by atoms with Gasteiger partial charge in [0.2, 0.25) is 5.96 Å². The number of benzene rings is 1. The summed E-state index contributed by atoms with van der Waals surface area (Å²) >= 11 is 0. The topological polar surface area (TPSA) is 71.7 Å². The van der Waals surface area contributed by atoms with Crippen LogP contribution >= 0.6 is 0 Å². The maximum Gasteiger partial charge on any atom is 0.210 e. The number of nitrogens with zero attached hydrogens (tertiary/aromatic N) is 1. The molecule has 0 saturated carbocycles. The SMILES string of the molecule is COCC(C)N=C(NN)Nc1ccccc1C(C)C. The summed E-state index contributed by atoms with van der Waals surface area (Å²) < 4.78 is 5.06. The van der Waals surface area contributed by atoms with E-state index in [0.29, 0.717) is 18.5 Å². The smallest absolute Gasteiger partial charge is 0.210 e. The average Bonchev–Trinajstić information content (AvgIpc) is 2.38. The van der Waals surface area contributed by atoms with E-state index in [0.717, 1.165) is 5.69 Å². The molecule has 0 saturated heterocycles. The molecule has 1 unspecified atom stereocenters. The van der Waals surface area contributed by atoms with Gasteiger partial charge in [0, 0.05) is 12.8 Å². The molecular weight excluding hydrogens is 240 g/mol. The van der Waals surface area contributed by atoms with E-state index in [4.69, 9.17) is 10.6 Å². The Bertz CT molecular complexity index is 418. The van der Waals surface area contributed by atoms with Crippen LogP contribution in [0.1, 0.15) is 32.3 Å². The van der Waals surface area contributed by atoms with E-state index in [9.17, 15) is 0 Å². The van der Waals surface area contributed by atoms with E-state index >= 15 is 0 Å². The lowest BCUT2D eigenvalue weighted by Crippen LogP contribution is -2.37. The van der Waals surface area contributed by atoms with Crippen LogP contribution in [0.4, 0.5) is 5.69 Å². The summed E-state index contributed by atoms with van der Waals surface area (Å²) in [6, 6.07) is 8.17. The number of rotatable bonds is 5. The Balaban J connectivity index is 2.87. The second-order valence-corrected chi connectivity index (χ2v) is 4.79. The summed E-state index contributed by atoms with van der Waals surface area (Å²) in [5.74, 6) is 6.48. The minimum Gasteiger partial charge on any atom is -0.382 e. The van der Waals surface area contributed by atoms with Crippen LogP contribution in [-0.4, -0.2) is 25.7 Å². The van der Waals surface area contributed by atoms with Crippen molar-refractivity contribution in [3.05, 3.63) is 29.8 Å². The van der Waals surface area contributed by atoms with Crippen molar-refractivity contribution in [2.45, 2.75) is 32.7 Å². The lowest BCUT2D eigenvalue weighted by atomic mass is 10.0. The van der Waals surface area contributed by atoms with E-state index in [1.54, 1.807) is 7.11 Å². The summed E-state index contributed by atoms with van der Waals surface area (Å²) in [6.45, 7) is 6.83. The highest BCUT2D eigenvalue weighted by Gasteiger charge is 2.08. The molecule has 5 nitrogen and oxygen atoms in total. The molecule has 106 valence electrons. The largest absolute Gasteiger partial charge is 0.382 e. The van der Waals surface area contributed by atoms with Gasteiger partial charge in [-0.2, -0.15) is 0 Å². The van der Waals surface area contributed by atoms with Crippen molar-refractivity contribution in [3.63, 3.8) is 0 Å². The lowest BCUT2D eigenvalue weighted by Gasteiger charge is -2.16. The summed E-state index contributed by atoms with van der Waals surface area (Å²) in [5, 5.41) is 3.23. The molecule has 0 aliphatic carbocycles. The third-order valence-electron chi connectivity index (χ3n) is 2.73. The van der Waals surface area contributed by atoms with E-state index in [1.807, 2.05) is 25.1 Å². The molecule has 1 aromatic carbocycles. The fourth-order valence-electron chi connectivity index (χ4n) is 1.85. The van der Waals surface area contributed by atoms with Crippen molar-refractivity contribution in [1.82, 2.24) is 5.43 Å². The molecular formula is C14H24N4O. The minimum atomic E-state index is 0.0368. The van der Waals surface area contributed by atoms with Crippen LogP contribution in [0, 0.1) is 0 Å². The number of anilines is 1. The first-order valence-corrected chi connectivity index (χ1v) is 6.47. The van der Waals surface area contributed by atoms with Crippen LogP contribution < -0.4 is 16.6 Å². The van der Waals surface area contributed by atoms with Gasteiger partial charge in [0.15, 0.2) is 0 Å². The number of hydrogen-bond acceptors (Lipinski definition) is 3. The van der Waals surface area contributed by atoms with Crippen LogP contribution in [0.25, 0.3) is 0 Å². The monoisotopic (exact) mass is 264 g/mol. The molecule has 0 aliphatic heterocycles. The molecule has 0 aliphatic rings. The van der Waals surface area contributed by atoms with Crippen molar-refractivity contribution in [2.75, 3.05) is 19.0 Å². The van der Waals surface area contributed by atoms with Crippen molar-refractivity contribution >= 4 is 11.6 Å². The van der Waals surface area contributed by atoms with Gasteiger partial charge in [0.25, 0.3) is 0 Å². The quantitative estimate of drug-likeness (QED) is 0.329. The number of ether oxygens (including phenoxy) is 1. The molecule has 5 heteroatoms. The molecule has 19 heavy (non-hydrogen) atoms. The van der Waals surface area contributed by atoms with E-state index in [-0.39, 0.29) is 6.04 Å². The van der Waals surface area contributed by atoms with Gasteiger partial charge in [-0.15, -0.1) is 0 Å². The van der Waals surface area contributed by atoms with Crippen LogP contribution in [0.2, 0.25) is 0 Å². The average molecular weight is 264 g/mol. The van der Waals surface area contributed by atoms with Crippen molar-refractivity contribution in [3.8, 4) is 0 Å². The van der Waals surface area contributed by atoms with E-state index in [1.165, 1.54) is 5.56 Å². The summed E-state index contributed by atoms with van der Waals surface area (Å²) in [6.07, 6.45) is 0. The molecule has 1 aromatic rings. The Kier molecular flexibility index (Phi) is 6.32. The van der Waals surface area contributed by atoms with Gasteiger partial charge < -0.3 is 10.1 Å². The Morgan fingerprint density at radius 1 is 1.32 bits per heavy atom. The van der Waals surface area contributed by atoms with E-state index < -0.39 is 0 Å². The molecule has 4 N–H and O–H groups in total. The molecule has 0 spiro atoms. The molecule has 0 radical (unpaired) electrons. The van der Waals surface area contributed by atoms with Crippen LogP contribution in [0.3, 0.4) is 0 Å². The number of guanidine groups is 1. The maximum atomic E-state index is 5.51. The molecule has 0 amide bonds. The van der Waals surface area contributed by atoms with Gasteiger partial charge in [-0.05, 0) is 24.5 Å². The second-order valence-electron chi connectivity index (χ2n) is 4.79. The number of nitrogens with one attached hydrogen (secondary N) is 2. The van der Waals surface area contributed by atoms with Gasteiger partial charge in [-0.3, -0.25) is 5.43 Å². The highest BCUT2D eigenvalue weighted by molar-refractivity contribution is 5.94. The highest BCUT2D eigenvalue weighted by atomic mass is 16.5. The zero-order valence-corrected chi connectivity index (χ0v) is 12.1. The van der Waals surface area contributed by atoms with Gasteiger partial charge in [-0.25, -0.2) is 10.8 Å². The number of hydrazine groups is 1. The zero-order valence-electron chi connectivity index (χ0n) is 12.1. The standard InChI is InChI=1S/C14H24N4O/c1-10(2)12-7-5-6-8-13(12)17-14(18-15)16-11(3)9-19-4/h5-8,10-11H,9,15H2,1-4H3,(H2,16,17,18). The first-order valence-electron chi connectivity index (χ1n) is 6.47. The normalized spacial score (nSPS) is 13.5. The molecule has 1 atom stereocenters. The van der Waals surface area contributed by atoms with Gasteiger partial charge in [0.1, 0.15) is 0 Å². The minimum absolute atomic E-state index is 0.0368. The third kappa shape index (κ3) is 4.89. The Hall–Kier alpha value is -1.59. The summed E-state index contributed by atoms with van der Waals surface area (Å²) in [4.78, 5) is 4.42. The number of para-hydroxylation sites is 1. The predicted molar refractivity (Wildman–Crippen MR) is 80.2 cm³/mol. The van der Waals surface area contributed by atoms with Crippen LogP contribution in [-0.2, 0) is 4.74 Å². The fraction of sp³-hybridized carbons (Fsp3) is 0.500. The second kappa shape index (κ2) is 7.76. The number of nitrogens with two attached hydrogens (primary N) is 1. The number of methoxy groups -OCH3 is 1. The molecule has 1 rings (SSSR count). The van der Waals surface area contributed by atoms with Crippen LogP contribution in [0.5, 0.6) is 0 Å². The van der Waals surface area contributed by atoms with Crippen molar-refractivity contribution in [2.24, 2.45) is 10.8 Å². The zero-order chi connectivity index (χ0) is 14.3. The summed E-state index contributed by atoms with van der Waals surface area (Å²) in [7, 11) is 1.66. The summed E-state index contributed by atoms with van der Waals surface area (Å²) in [5.41, 5.74) is 4.83. The Labute approximate surface area is 115 Å². The van der Waals surface area contributed by atoms with Crippen molar-refractivity contribution < 1.29 is 4.74 Å². The van der Waals surface area contributed by atoms with E-state index in [2.05, 4.69) is 35.6 Å². The Morgan fingerprint density at radius 3 is 2.58 bits per heavy atom. The molecule has 0 heterocycles. The molecule has 0 fully saturated rings. The lowest BCUT2D eigenvalue weighted by molar-refractivity contribution is 0.185. The molecule has 0 bridgehead atoms. The number of aliphatic imine (C=N–C) groups is 1. The maximum absolute atomic E-state index is 5.51. The molecule has 0 aromatic heterocycles. The van der Waals surface area contributed by atoms with Gasteiger partial charge in [-0.1, -0.05) is 32.0 Å². The van der Waals surface area contributed by atoms with Crippen molar-refractivity contribution in [1.29, 1.82) is 0 Å². The Morgan fingerprint density at radius 2 is 2.00 bits per heavy atom. The first kappa shape index (κ1) is 15.5. The predicted octanol–water partition coefficient (Wildman–Crippen LogP) is 2.08. The first-order chi connectivity index (χ1) is 9.08. The fourth-order valence-corrected chi connectivity index (χ4v) is 1.85. The third-order valence-corrected chi connectivity index (χ3v) is 2.73.